The normalized spacial score (nSPS) is 19.0. The maximum Gasteiger partial charge on any atom is 0.233 e. The third-order valence-electron chi connectivity index (χ3n) is 4.38. The van der Waals surface area contributed by atoms with Gasteiger partial charge in [-0.2, -0.15) is 0 Å². The van der Waals surface area contributed by atoms with E-state index in [0.29, 0.717) is 11.7 Å². The van der Waals surface area contributed by atoms with Crippen LogP contribution in [0.5, 0.6) is 0 Å². The number of amides is 1. The van der Waals surface area contributed by atoms with Gasteiger partial charge in [0, 0.05) is 24.8 Å². The van der Waals surface area contributed by atoms with Gasteiger partial charge in [-0.15, -0.1) is 0 Å². The van der Waals surface area contributed by atoms with E-state index in [1.165, 1.54) is 0 Å². The molecule has 0 radical (unpaired) electrons. The Hall–Kier alpha value is -1.47. The summed E-state index contributed by atoms with van der Waals surface area (Å²) in [5, 5.41) is 0. The summed E-state index contributed by atoms with van der Waals surface area (Å²) in [6.45, 7) is 2.45. The molecule has 24 heavy (non-hydrogen) atoms. The van der Waals surface area contributed by atoms with E-state index in [0.717, 1.165) is 59.6 Å². The van der Waals surface area contributed by atoms with Gasteiger partial charge in [-0.05, 0) is 25.0 Å². The molecule has 0 atom stereocenters. The fourth-order valence-corrected chi connectivity index (χ4v) is 4.97. The molecule has 5 nitrogen and oxygen atoms in total. The number of hydrogen-bond acceptors (Lipinski definition) is 6. The standard InChI is InChI=1S/C17H19N3O2S2/c21-15(11-24-17-18-7-10-23-17)20-8-5-12(6-9-20)16-19-13-3-1-2-4-14(13)22-16/h1-4,12H,5-11H2. The molecule has 0 bridgehead atoms. The lowest BCUT2D eigenvalue weighted by molar-refractivity contribution is -0.129. The fraction of sp³-hybridized carbons (Fsp3) is 0.471. The molecule has 1 aromatic heterocycles. The summed E-state index contributed by atoms with van der Waals surface area (Å²) in [5.41, 5.74) is 1.76. The van der Waals surface area contributed by atoms with E-state index >= 15 is 0 Å². The minimum absolute atomic E-state index is 0.214. The van der Waals surface area contributed by atoms with Crippen molar-refractivity contribution < 1.29 is 9.21 Å². The van der Waals surface area contributed by atoms with Crippen molar-refractivity contribution in [1.82, 2.24) is 9.88 Å². The van der Waals surface area contributed by atoms with E-state index in [4.69, 9.17) is 4.42 Å². The quantitative estimate of drug-likeness (QED) is 0.839. The number of aromatic nitrogens is 1. The van der Waals surface area contributed by atoms with Crippen LogP contribution in [0.2, 0.25) is 0 Å². The number of thioether (sulfide) groups is 2. The molecule has 0 N–H and O–H groups in total. The van der Waals surface area contributed by atoms with Gasteiger partial charge in [0.05, 0.1) is 12.3 Å². The van der Waals surface area contributed by atoms with Gasteiger partial charge >= 0.3 is 0 Å². The highest BCUT2D eigenvalue weighted by Crippen LogP contribution is 2.30. The summed E-state index contributed by atoms with van der Waals surface area (Å²) in [4.78, 5) is 23.3. The Morgan fingerprint density at radius 1 is 1.33 bits per heavy atom. The fourth-order valence-electron chi connectivity index (χ4n) is 3.06. The van der Waals surface area contributed by atoms with Crippen LogP contribution in [0.15, 0.2) is 33.7 Å². The number of fused-ring (bicyclic) bond motifs is 1. The molecule has 0 saturated carbocycles. The lowest BCUT2D eigenvalue weighted by Crippen LogP contribution is -2.39. The molecule has 4 rings (SSSR count). The van der Waals surface area contributed by atoms with Crippen molar-refractivity contribution in [1.29, 1.82) is 0 Å². The summed E-state index contributed by atoms with van der Waals surface area (Å²) in [5.74, 6) is 2.88. The van der Waals surface area contributed by atoms with Crippen LogP contribution < -0.4 is 0 Å². The van der Waals surface area contributed by atoms with Gasteiger partial charge in [-0.25, -0.2) is 4.98 Å². The van der Waals surface area contributed by atoms with Crippen molar-refractivity contribution in [2.24, 2.45) is 4.99 Å². The topological polar surface area (TPSA) is 58.7 Å². The highest BCUT2D eigenvalue weighted by molar-refractivity contribution is 8.39. The maximum atomic E-state index is 12.3. The van der Waals surface area contributed by atoms with Crippen LogP contribution in [-0.4, -0.2) is 51.3 Å². The van der Waals surface area contributed by atoms with Gasteiger partial charge in [0.1, 0.15) is 9.89 Å². The maximum absolute atomic E-state index is 12.3. The predicted octanol–water partition coefficient (Wildman–Crippen LogP) is 3.37. The zero-order chi connectivity index (χ0) is 16.4. The Labute approximate surface area is 149 Å². The third-order valence-corrected chi connectivity index (χ3v) is 6.62. The van der Waals surface area contributed by atoms with Crippen LogP contribution in [-0.2, 0) is 4.79 Å². The van der Waals surface area contributed by atoms with Crippen molar-refractivity contribution in [2.45, 2.75) is 18.8 Å². The number of nitrogens with zero attached hydrogens (tertiary/aromatic N) is 3. The highest BCUT2D eigenvalue weighted by atomic mass is 32.2. The highest BCUT2D eigenvalue weighted by Gasteiger charge is 2.27. The van der Waals surface area contributed by atoms with E-state index in [9.17, 15) is 4.79 Å². The Morgan fingerprint density at radius 2 is 2.17 bits per heavy atom. The molecule has 1 aromatic carbocycles. The van der Waals surface area contributed by atoms with Gasteiger partial charge in [0.15, 0.2) is 11.5 Å². The Balaban J connectivity index is 1.31. The monoisotopic (exact) mass is 361 g/mol. The van der Waals surface area contributed by atoms with E-state index in [-0.39, 0.29) is 5.91 Å². The van der Waals surface area contributed by atoms with Crippen LogP contribution in [0.1, 0.15) is 24.7 Å². The number of carbonyl (C=O) groups excluding carboxylic acids is 1. The first kappa shape index (κ1) is 16.0. The molecule has 1 saturated heterocycles. The zero-order valence-corrected chi connectivity index (χ0v) is 14.9. The van der Waals surface area contributed by atoms with Crippen molar-refractivity contribution >= 4 is 44.9 Å². The molecule has 0 unspecified atom stereocenters. The first-order valence-corrected chi connectivity index (χ1v) is 10.2. The lowest BCUT2D eigenvalue weighted by atomic mass is 9.97. The molecule has 2 aliphatic heterocycles. The van der Waals surface area contributed by atoms with Gasteiger partial charge in [0.25, 0.3) is 0 Å². The third kappa shape index (κ3) is 3.47. The second kappa shape index (κ2) is 7.19. The molecule has 0 spiro atoms. The Bertz CT molecular complexity index is 733. The smallest absolute Gasteiger partial charge is 0.233 e. The van der Waals surface area contributed by atoms with Crippen molar-refractivity contribution in [3.63, 3.8) is 0 Å². The Kier molecular flexibility index (Phi) is 4.80. The number of para-hydroxylation sites is 2. The van der Waals surface area contributed by atoms with E-state index in [1.807, 2.05) is 29.2 Å². The predicted molar refractivity (Wildman–Crippen MR) is 99.8 cm³/mol. The number of benzene rings is 1. The summed E-state index contributed by atoms with van der Waals surface area (Å²) in [7, 11) is 0. The summed E-state index contributed by atoms with van der Waals surface area (Å²) < 4.78 is 6.94. The average molecular weight is 361 g/mol. The molecule has 7 heteroatoms. The number of hydrogen-bond donors (Lipinski definition) is 0. The van der Waals surface area contributed by atoms with Crippen molar-refractivity contribution in [3.8, 4) is 0 Å². The summed E-state index contributed by atoms with van der Waals surface area (Å²) in [6.07, 6.45) is 1.83. The van der Waals surface area contributed by atoms with Gasteiger partial charge < -0.3 is 9.32 Å². The minimum Gasteiger partial charge on any atom is -0.440 e. The molecule has 1 amide bonds. The van der Waals surface area contributed by atoms with Crippen LogP contribution in [0.25, 0.3) is 11.1 Å². The number of carbonyl (C=O) groups is 1. The van der Waals surface area contributed by atoms with Gasteiger partial charge in [0.2, 0.25) is 5.91 Å². The van der Waals surface area contributed by atoms with Gasteiger partial charge in [-0.1, -0.05) is 35.7 Å². The SMILES string of the molecule is O=C(CSC1=NCCS1)N1CCC(c2nc3ccccc3o2)CC1. The van der Waals surface area contributed by atoms with E-state index in [2.05, 4.69) is 9.98 Å². The van der Waals surface area contributed by atoms with Gasteiger partial charge in [-0.3, -0.25) is 9.79 Å². The van der Waals surface area contributed by atoms with Crippen molar-refractivity contribution in [2.75, 3.05) is 31.1 Å². The molecular formula is C17H19N3O2S2. The average Bonchev–Trinajstić information content (AvgIpc) is 3.29. The first-order valence-electron chi connectivity index (χ1n) is 8.23. The second-order valence-electron chi connectivity index (χ2n) is 5.96. The lowest BCUT2D eigenvalue weighted by Gasteiger charge is -2.30. The molecule has 2 aromatic rings. The number of aliphatic imine (C=N–C) groups is 1. The van der Waals surface area contributed by atoms with E-state index < -0.39 is 0 Å². The van der Waals surface area contributed by atoms with Crippen molar-refractivity contribution in [3.05, 3.63) is 30.2 Å². The summed E-state index contributed by atoms with van der Waals surface area (Å²) >= 11 is 3.33. The molecule has 2 aliphatic rings. The zero-order valence-electron chi connectivity index (χ0n) is 13.3. The second-order valence-corrected chi connectivity index (χ2v) is 8.27. The molecule has 126 valence electrons. The largest absolute Gasteiger partial charge is 0.440 e. The minimum atomic E-state index is 0.214. The molecule has 1 fully saturated rings. The Morgan fingerprint density at radius 3 is 2.92 bits per heavy atom. The molecular weight excluding hydrogens is 342 g/mol. The summed E-state index contributed by atoms with van der Waals surface area (Å²) in [6, 6.07) is 7.86. The van der Waals surface area contributed by atoms with Crippen LogP contribution >= 0.6 is 23.5 Å². The number of oxazole rings is 1. The van der Waals surface area contributed by atoms with Crippen LogP contribution in [0, 0.1) is 0 Å². The first-order chi connectivity index (χ1) is 11.8. The van der Waals surface area contributed by atoms with Crippen LogP contribution in [0.4, 0.5) is 0 Å². The number of piperidine rings is 1. The number of rotatable bonds is 3. The number of likely N-dealkylation sites (tertiary alicyclic amines) is 1. The molecule has 3 heterocycles. The van der Waals surface area contributed by atoms with E-state index in [1.54, 1.807) is 23.5 Å². The molecule has 0 aliphatic carbocycles. The van der Waals surface area contributed by atoms with Crippen LogP contribution in [0.3, 0.4) is 0 Å².